The van der Waals surface area contributed by atoms with Gasteiger partial charge in [-0.05, 0) is 54.0 Å². The predicted octanol–water partition coefficient (Wildman–Crippen LogP) is 5.65. The van der Waals surface area contributed by atoms with Crippen LogP contribution in [-0.2, 0) is 4.79 Å². The molecule has 1 amide bonds. The Morgan fingerprint density at radius 2 is 1.80 bits per heavy atom. The quantitative estimate of drug-likeness (QED) is 0.708. The Morgan fingerprint density at radius 3 is 2.48 bits per heavy atom. The van der Waals surface area contributed by atoms with Crippen LogP contribution >= 0.6 is 0 Å². The number of carbonyl (C=O) groups is 1. The number of para-hydroxylation sites is 1. The van der Waals surface area contributed by atoms with Crippen LogP contribution in [0.25, 0.3) is 0 Å². The highest BCUT2D eigenvalue weighted by atomic mass is 16.5. The zero-order valence-electron chi connectivity index (χ0n) is 15.9. The summed E-state index contributed by atoms with van der Waals surface area (Å²) < 4.78 is 5.83. The number of hydrogen-bond acceptors (Lipinski definition) is 2. The summed E-state index contributed by atoms with van der Waals surface area (Å²) in [6, 6.07) is 14.1. The van der Waals surface area contributed by atoms with Gasteiger partial charge in [0.15, 0.2) is 6.61 Å². The highest BCUT2D eigenvalue weighted by Crippen LogP contribution is 2.28. The molecule has 0 aliphatic carbocycles. The zero-order chi connectivity index (χ0) is 18.4. The molecule has 134 valence electrons. The molecule has 0 unspecified atom stereocenters. The maximum atomic E-state index is 12.4. The SMILES string of the molecule is CC[C@H](C)c1ccccc1NC(=O)COc1cc(C)ccc1C(C)C. The summed E-state index contributed by atoms with van der Waals surface area (Å²) in [6.07, 6.45) is 1.03. The van der Waals surface area contributed by atoms with Gasteiger partial charge in [0.1, 0.15) is 5.75 Å². The van der Waals surface area contributed by atoms with Crippen LogP contribution in [0.15, 0.2) is 42.5 Å². The standard InChI is InChI=1S/C22H29NO2/c1-6-17(5)19-9-7-8-10-20(19)23-22(24)14-25-21-13-16(4)11-12-18(21)15(2)3/h7-13,15,17H,6,14H2,1-5H3,(H,23,24)/t17-/m0/s1. The van der Waals surface area contributed by atoms with Crippen molar-refractivity contribution in [2.75, 3.05) is 11.9 Å². The lowest BCUT2D eigenvalue weighted by Crippen LogP contribution is -2.21. The average Bonchev–Trinajstić information content (AvgIpc) is 2.59. The van der Waals surface area contributed by atoms with Crippen molar-refractivity contribution in [1.82, 2.24) is 0 Å². The summed E-state index contributed by atoms with van der Waals surface area (Å²) in [5.74, 6) is 1.42. The van der Waals surface area contributed by atoms with Gasteiger partial charge < -0.3 is 10.1 Å². The topological polar surface area (TPSA) is 38.3 Å². The predicted molar refractivity (Wildman–Crippen MR) is 105 cm³/mol. The lowest BCUT2D eigenvalue weighted by Gasteiger charge is -2.17. The fourth-order valence-electron chi connectivity index (χ4n) is 2.83. The Labute approximate surface area is 151 Å². The van der Waals surface area contributed by atoms with Crippen molar-refractivity contribution in [2.45, 2.75) is 52.9 Å². The van der Waals surface area contributed by atoms with Crippen LogP contribution in [0.5, 0.6) is 5.75 Å². The Morgan fingerprint density at radius 1 is 1.08 bits per heavy atom. The molecule has 0 spiro atoms. The summed E-state index contributed by atoms with van der Waals surface area (Å²) >= 11 is 0. The lowest BCUT2D eigenvalue weighted by molar-refractivity contribution is -0.118. The Kier molecular flexibility index (Phi) is 6.63. The van der Waals surface area contributed by atoms with E-state index >= 15 is 0 Å². The molecule has 1 atom stereocenters. The first-order valence-electron chi connectivity index (χ1n) is 9.04. The van der Waals surface area contributed by atoms with Gasteiger partial charge in [0.2, 0.25) is 0 Å². The van der Waals surface area contributed by atoms with Gasteiger partial charge in [-0.2, -0.15) is 0 Å². The fraction of sp³-hybridized carbons (Fsp3) is 0.409. The Balaban J connectivity index is 2.06. The van der Waals surface area contributed by atoms with Crippen molar-refractivity contribution < 1.29 is 9.53 Å². The molecule has 0 fully saturated rings. The minimum Gasteiger partial charge on any atom is -0.483 e. The third kappa shape index (κ3) is 5.09. The number of carbonyl (C=O) groups excluding carboxylic acids is 1. The van der Waals surface area contributed by atoms with Crippen LogP contribution in [0.4, 0.5) is 5.69 Å². The normalized spacial score (nSPS) is 12.1. The molecular weight excluding hydrogens is 310 g/mol. The molecule has 2 aromatic carbocycles. The smallest absolute Gasteiger partial charge is 0.262 e. The molecule has 1 N–H and O–H groups in total. The minimum atomic E-state index is -0.132. The number of benzene rings is 2. The molecule has 2 rings (SSSR count). The maximum Gasteiger partial charge on any atom is 0.262 e. The van der Waals surface area contributed by atoms with E-state index < -0.39 is 0 Å². The maximum absolute atomic E-state index is 12.4. The second kappa shape index (κ2) is 8.70. The van der Waals surface area contributed by atoms with Gasteiger partial charge >= 0.3 is 0 Å². The number of rotatable bonds is 7. The van der Waals surface area contributed by atoms with Crippen molar-refractivity contribution in [3.05, 3.63) is 59.2 Å². The summed E-state index contributed by atoms with van der Waals surface area (Å²) in [5, 5.41) is 3.00. The van der Waals surface area contributed by atoms with Gasteiger partial charge in [-0.15, -0.1) is 0 Å². The lowest BCUT2D eigenvalue weighted by atomic mass is 9.97. The highest BCUT2D eigenvalue weighted by molar-refractivity contribution is 5.92. The third-order valence-corrected chi connectivity index (χ3v) is 4.53. The van der Waals surface area contributed by atoms with Gasteiger partial charge in [0.05, 0.1) is 0 Å². The number of nitrogens with one attached hydrogen (secondary N) is 1. The number of hydrogen-bond donors (Lipinski definition) is 1. The van der Waals surface area contributed by atoms with Gasteiger partial charge in [0.25, 0.3) is 5.91 Å². The van der Waals surface area contributed by atoms with E-state index in [1.807, 2.05) is 31.2 Å². The van der Waals surface area contributed by atoms with Gasteiger partial charge in [-0.1, -0.05) is 58.0 Å². The van der Waals surface area contributed by atoms with Crippen LogP contribution in [0.3, 0.4) is 0 Å². The molecule has 0 radical (unpaired) electrons. The zero-order valence-corrected chi connectivity index (χ0v) is 15.9. The molecule has 3 heteroatoms. The molecule has 3 nitrogen and oxygen atoms in total. The molecule has 0 heterocycles. The molecule has 0 aliphatic rings. The van der Waals surface area contributed by atoms with E-state index in [0.29, 0.717) is 11.8 Å². The monoisotopic (exact) mass is 339 g/mol. The van der Waals surface area contributed by atoms with Crippen LogP contribution < -0.4 is 10.1 Å². The number of amides is 1. The van der Waals surface area contributed by atoms with Crippen molar-refractivity contribution in [3.63, 3.8) is 0 Å². The van der Waals surface area contributed by atoms with Crippen molar-refractivity contribution in [2.24, 2.45) is 0 Å². The summed E-state index contributed by atoms with van der Waals surface area (Å²) in [4.78, 5) is 12.4. The van der Waals surface area contributed by atoms with Crippen LogP contribution in [0.1, 0.15) is 62.6 Å². The number of anilines is 1. The average molecular weight is 339 g/mol. The first-order chi connectivity index (χ1) is 11.9. The highest BCUT2D eigenvalue weighted by Gasteiger charge is 2.13. The molecule has 0 bridgehead atoms. The van der Waals surface area contributed by atoms with E-state index in [-0.39, 0.29) is 12.5 Å². The van der Waals surface area contributed by atoms with Crippen LogP contribution in [0.2, 0.25) is 0 Å². The summed E-state index contributed by atoms with van der Waals surface area (Å²) in [7, 11) is 0. The fourth-order valence-corrected chi connectivity index (χ4v) is 2.83. The van der Waals surface area contributed by atoms with Crippen LogP contribution in [0, 0.1) is 6.92 Å². The number of ether oxygens (including phenoxy) is 1. The molecular formula is C22H29NO2. The van der Waals surface area contributed by atoms with Crippen LogP contribution in [-0.4, -0.2) is 12.5 Å². The number of aryl methyl sites for hydroxylation is 1. The first-order valence-corrected chi connectivity index (χ1v) is 9.04. The molecule has 25 heavy (non-hydrogen) atoms. The van der Waals surface area contributed by atoms with Crippen molar-refractivity contribution in [1.29, 1.82) is 0 Å². The minimum absolute atomic E-state index is 0.0119. The Hall–Kier alpha value is -2.29. The molecule has 0 saturated heterocycles. The van der Waals surface area contributed by atoms with E-state index in [4.69, 9.17) is 4.74 Å². The van der Waals surface area contributed by atoms with Crippen molar-refractivity contribution in [3.8, 4) is 5.75 Å². The molecule has 0 aromatic heterocycles. The van der Waals surface area contributed by atoms with Gasteiger partial charge in [0, 0.05) is 5.69 Å². The van der Waals surface area contributed by atoms with E-state index in [2.05, 4.69) is 51.2 Å². The van der Waals surface area contributed by atoms with E-state index in [9.17, 15) is 4.79 Å². The van der Waals surface area contributed by atoms with E-state index in [0.717, 1.165) is 34.5 Å². The molecule has 2 aromatic rings. The summed E-state index contributed by atoms with van der Waals surface area (Å²) in [6.45, 7) is 10.6. The van der Waals surface area contributed by atoms with E-state index in [1.54, 1.807) is 0 Å². The second-order valence-corrected chi connectivity index (χ2v) is 6.93. The van der Waals surface area contributed by atoms with Crippen molar-refractivity contribution >= 4 is 11.6 Å². The second-order valence-electron chi connectivity index (χ2n) is 6.93. The van der Waals surface area contributed by atoms with E-state index in [1.165, 1.54) is 0 Å². The first kappa shape index (κ1) is 19.0. The largest absolute Gasteiger partial charge is 0.483 e. The van der Waals surface area contributed by atoms with Gasteiger partial charge in [-0.3, -0.25) is 4.79 Å². The Bertz CT molecular complexity index is 722. The summed E-state index contributed by atoms with van der Waals surface area (Å²) in [5.41, 5.74) is 4.29. The van der Waals surface area contributed by atoms with Gasteiger partial charge in [-0.25, -0.2) is 0 Å². The molecule has 0 saturated carbocycles. The molecule has 0 aliphatic heterocycles. The third-order valence-electron chi connectivity index (χ3n) is 4.53.